The molecule has 0 saturated carbocycles. The summed E-state index contributed by atoms with van der Waals surface area (Å²) in [5, 5.41) is 8.51. The maximum absolute atomic E-state index is 6.71. The van der Waals surface area contributed by atoms with E-state index in [0.717, 1.165) is 47.7 Å². The predicted octanol–water partition coefficient (Wildman–Crippen LogP) is 8.84. The molecule has 1 heterocycles. The fourth-order valence-corrected chi connectivity index (χ4v) is 6.82. The predicted molar refractivity (Wildman–Crippen MR) is 200 cm³/mol. The molecule has 6 aromatic carbocycles. The molecule has 1 fully saturated rings. The van der Waals surface area contributed by atoms with E-state index in [1.165, 1.54) is 27.1 Å². The summed E-state index contributed by atoms with van der Waals surface area (Å²) < 4.78 is 30.8. The maximum Gasteiger partial charge on any atom is 0.124 e. The van der Waals surface area contributed by atoms with Gasteiger partial charge in [0.1, 0.15) is 11.5 Å². The Kier molecular flexibility index (Phi) is 11.3. The van der Waals surface area contributed by atoms with Gasteiger partial charge in [-0.1, -0.05) is 103 Å². The van der Waals surface area contributed by atoms with Gasteiger partial charge in [0.15, 0.2) is 0 Å². The quantitative estimate of drug-likeness (QED) is 0.111. The first-order valence-electron chi connectivity index (χ1n) is 17.6. The molecule has 50 heavy (non-hydrogen) atoms. The molecule has 1 aliphatic heterocycles. The lowest BCUT2D eigenvalue weighted by Gasteiger charge is -2.39. The van der Waals surface area contributed by atoms with Crippen LogP contribution in [0.15, 0.2) is 133 Å². The molecule has 0 bridgehead atoms. The Hall–Kier alpha value is -4.72. The minimum Gasteiger partial charge on any atom is -0.496 e. The second-order valence-electron chi connectivity index (χ2n) is 12.9. The van der Waals surface area contributed by atoms with E-state index < -0.39 is 0 Å². The fraction of sp³-hybridized carbons (Fsp3) is 0.273. The van der Waals surface area contributed by atoms with Crippen molar-refractivity contribution in [1.82, 2.24) is 5.32 Å². The summed E-state index contributed by atoms with van der Waals surface area (Å²) in [5.41, 5.74) is 4.56. The second-order valence-corrected chi connectivity index (χ2v) is 12.9. The van der Waals surface area contributed by atoms with Gasteiger partial charge in [0.2, 0.25) is 0 Å². The minimum absolute atomic E-state index is 0.0505. The molecule has 6 nitrogen and oxygen atoms in total. The molecule has 6 heteroatoms. The van der Waals surface area contributed by atoms with E-state index >= 15 is 0 Å². The van der Waals surface area contributed by atoms with Gasteiger partial charge in [-0.2, -0.15) is 0 Å². The highest BCUT2D eigenvalue weighted by Gasteiger charge is 2.36. The van der Waals surface area contributed by atoms with Gasteiger partial charge in [-0.15, -0.1) is 0 Å². The number of benzene rings is 6. The van der Waals surface area contributed by atoms with Crippen molar-refractivity contribution in [2.24, 2.45) is 0 Å². The number of methoxy groups -OCH3 is 1. The van der Waals surface area contributed by atoms with Crippen molar-refractivity contribution < 1.29 is 23.7 Å². The normalized spacial score (nSPS) is 17.6. The summed E-state index contributed by atoms with van der Waals surface area (Å²) in [5.74, 6) is 1.74. The number of nitrogens with one attached hydrogen (secondary N) is 1. The molecule has 1 N–H and O–H groups in total. The lowest BCUT2D eigenvalue weighted by atomic mass is 9.85. The Labute approximate surface area is 294 Å². The van der Waals surface area contributed by atoms with E-state index in [0.29, 0.717) is 33.0 Å². The second kappa shape index (κ2) is 16.8. The van der Waals surface area contributed by atoms with Crippen LogP contribution in [0.25, 0.3) is 21.5 Å². The van der Waals surface area contributed by atoms with Gasteiger partial charge in [-0.05, 0) is 68.6 Å². The van der Waals surface area contributed by atoms with Crippen molar-refractivity contribution in [2.75, 3.05) is 33.4 Å². The van der Waals surface area contributed by atoms with Crippen molar-refractivity contribution in [1.29, 1.82) is 0 Å². The summed E-state index contributed by atoms with van der Waals surface area (Å²) in [6.07, 6.45) is 0.661. The van der Waals surface area contributed by atoms with Gasteiger partial charge in [-0.3, -0.25) is 0 Å². The van der Waals surface area contributed by atoms with Crippen LogP contribution in [0.2, 0.25) is 0 Å². The third kappa shape index (κ3) is 8.52. The highest BCUT2D eigenvalue weighted by molar-refractivity contribution is 5.83. The van der Waals surface area contributed by atoms with E-state index in [-0.39, 0.29) is 18.1 Å². The van der Waals surface area contributed by atoms with Crippen LogP contribution in [0.3, 0.4) is 0 Å². The summed E-state index contributed by atoms with van der Waals surface area (Å²) in [4.78, 5) is 0. The van der Waals surface area contributed by atoms with Crippen molar-refractivity contribution in [3.05, 3.63) is 156 Å². The Morgan fingerprint density at radius 1 is 0.580 bits per heavy atom. The van der Waals surface area contributed by atoms with Crippen LogP contribution in [0.5, 0.6) is 11.5 Å². The Morgan fingerprint density at radius 2 is 1.16 bits per heavy atom. The third-order valence-corrected chi connectivity index (χ3v) is 9.46. The molecule has 0 aromatic heterocycles. The zero-order valence-corrected chi connectivity index (χ0v) is 28.6. The zero-order chi connectivity index (χ0) is 34.0. The van der Waals surface area contributed by atoms with Crippen molar-refractivity contribution in [2.45, 2.75) is 44.4 Å². The number of piperidine rings is 1. The first-order chi connectivity index (χ1) is 24.7. The Balaban J connectivity index is 1.000. The molecule has 0 radical (unpaired) electrons. The molecule has 3 atom stereocenters. The molecule has 1 saturated heterocycles. The zero-order valence-electron chi connectivity index (χ0n) is 28.6. The van der Waals surface area contributed by atoms with Crippen LogP contribution < -0.4 is 14.8 Å². The van der Waals surface area contributed by atoms with E-state index in [2.05, 4.69) is 115 Å². The van der Waals surface area contributed by atoms with Gasteiger partial charge >= 0.3 is 0 Å². The molecular formula is C44H45NO5. The molecule has 0 amide bonds. The summed E-state index contributed by atoms with van der Waals surface area (Å²) in [7, 11) is 1.68. The number of para-hydroxylation sites is 1. The first-order valence-corrected chi connectivity index (χ1v) is 17.6. The topological polar surface area (TPSA) is 58.2 Å². The van der Waals surface area contributed by atoms with Gasteiger partial charge in [0, 0.05) is 31.0 Å². The fourth-order valence-electron chi connectivity index (χ4n) is 6.82. The lowest BCUT2D eigenvalue weighted by Crippen LogP contribution is -2.50. The molecule has 7 rings (SSSR count). The first kappa shape index (κ1) is 33.8. The van der Waals surface area contributed by atoms with E-state index in [1.54, 1.807) is 7.11 Å². The van der Waals surface area contributed by atoms with Crippen LogP contribution >= 0.6 is 0 Å². The standard InChI is InChI=1S/C44H45NO5/c1-46-41-14-7-6-13-39(41)31-47-23-8-24-48-40-21-19-36(20-22-40)44-42(49-29-32-15-17-34-9-2-4-11-37(34)25-32)27-45-28-43(44)50-30-33-16-18-35-10-3-5-12-38(35)26-33/h2-7,9-22,25-26,42-45H,8,23-24,27-31H2,1H3/t42-,43+,44-. The Bertz CT molecular complexity index is 1880. The summed E-state index contributed by atoms with van der Waals surface area (Å²) in [6.45, 7) is 4.27. The maximum atomic E-state index is 6.71. The number of hydrogen-bond acceptors (Lipinski definition) is 6. The minimum atomic E-state index is -0.0658. The molecule has 6 aromatic rings. The number of rotatable bonds is 15. The molecule has 1 aliphatic rings. The average molecular weight is 668 g/mol. The highest BCUT2D eigenvalue weighted by Crippen LogP contribution is 2.33. The monoisotopic (exact) mass is 667 g/mol. The van der Waals surface area contributed by atoms with Crippen molar-refractivity contribution in [3.8, 4) is 11.5 Å². The molecule has 0 unspecified atom stereocenters. The van der Waals surface area contributed by atoms with Gasteiger partial charge in [0.25, 0.3) is 0 Å². The summed E-state index contributed by atoms with van der Waals surface area (Å²) >= 11 is 0. The number of hydrogen-bond donors (Lipinski definition) is 1. The van der Waals surface area contributed by atoms with Gasteiger partial charge in [0.05, 0.1) is 52.4 Å². The third-order valence-electron chi connectivity index (χ3n) is 9.46. The Morgan fingerprint density at radius 3 is 1.78 bits per heavy atom. The van der Waals surface area contributed by atoms with Crippen LogP contribution in [0, 0.1) is 0 Å². The van der Waals surface area contributed by atoms with Crippen LogP contribution in [-0.2, 0) is 34.0 Å². The summed E-state index contributed by atoms with van der Waals surface area (Å²) in [6, 6.07) is 46.4. The van der Waals surface area contributed by atoms with Crippen LogP contribution in [0.4, 0.5) is 0 Å². The van der Waals surface area contributed by atoms with Crippen molar-refractivity contribution in [3.63, 3.8) is 0 Å². The smallest absolute Gasteiger partial charge is 0.124 e. The largest absolute Gasteiger partial charge is 0.496 e. The molecular weight excluding hydrogens is 622 g/mol. The SMILES string of the molecule is COc1ccccc1COCCCOc1ccc([C@H]2[C@@H](OCc3ccc4ccccc4c3)CNC[C@H]2OCc2ccc3ccccc3c2)cc1. The van der Waals surface area contributed by atoms with E-state index in [4.69, 9.17) is 23.7 Å². The van der Waals surface area contributed by atoms with Crippen LogP contribution in [-0.4, -0.2) is 45.6 Å². The lowest BCUT2D eigenvalue weighted by molar-refractivity contribution is -0.0650. The average Bonchev–Trinajstić information content (AvgIpc) is 3.17. The molecule has 0 spiro atoms. The number of ether oxygens (including phenoxy) is 5. The van der Waals surface area contributed by atoms with Gasteiger partial charge < -0.3 is 29.0 Å². The van der Waals surface area contributed by atoms with E-state index in [9.17, 15) is 0 Å². The number of fused-ring (bicyclic) bond motifs is 2. The molecule has 0 aliphatic carbocycles. The highest BCUT2D eigenvalue weighted by atomic mass is 16.5. The molecule has 256 valence electrons. The van der Waals surface area contributed by atoms with Crippen LogP contribution in [0.1, 0.15) is 34.6 Å². The van der Waals surface area contributed by atoms with E-state index in [1.807, 2.05) is 24.3 Å². The van der Waals surface area contributed by atoms with Crippen molar-refractivity contribution >= 4 is 21.5 Å². The van der Waals surface area contributed by atoms with Gasteiger partial charge in [-0.25, -0.2) is 0 Å².